The van der Waals surface area contributed by atoms with E-state index in [1.165, 1.54) is 17.4 Å². The van der Waals surface area contributed by atoms with Crippen LogP contribution in [0.5, 0.6) is 0 Å². The maximum absolute atomic E-state index is 12.0. The zero-order valence-corrected chi connectivity index (χ0v) is 14.7. The summed E-state index contributed by atoms with van der Waals surface area (Å²) in [5, 5.41) is 6.32. The van der Waals surface area contributed by atoms with Crippen molar-refractivity contribution in [1.29, 1.82) is 0 Å². The molecule has 1 N–H and O–H groups in total. The highest BCUT2D eigenvalue weighted by atomic mass is 35.5. The Kier molecular flexibility index (Phi) is 5.30. The molecule has 120 valence electrons. The molecule has 0 fully saturated rings. The smallest absolute Gasteiger partial charge is 0.250 e. The molecule has 0 radical (unpaired) electrons. The summed E-state index contributed by atoms with van der Waals surface area (Å²) < 4.78 is 0. The normalized spacial score (nSPS) is 10.9. The van der Waals surface area contributed by atoms with E-state index in [2.05, 4.69) is 10.3 Å². The van der Waals surface area contributed by atoms with Gasteiger partial charge < -0.3 is 0 Å². The highest BCUT2D eigenvalue weighted by Crippen LogP contribution is 2.30. The molecule has 6 heteroatoms. The first-order chi connectivity index (χ1) is 11.6. The lowest BCUT2D eigenvalue weighted by Crippen LogP contribution is -2.07. The number of nitrogens with one attached hydrogen (secondary N) is 1. The average molecular weight is 375 g/mol. The number of anilines is 1. The van der Waals surface area contributed by atoms with Crippen LogP contribution < -0.4 is 5.32 Å². The molecule has 0 atom stereocenters. The second-order valence-electron chi connectivity index (χ2n) is 4.86. The fourth-order valence-electron chi connectivity index (χ4n) is 2.05. The summed E-state index contributed by atoms with van der Waals surface area (Å²) in [5.41, 5.74) is 2.35. The molecule has 0 aliphatic rings. The van der Waals surface area contributed by atoms with Crippen LogP contribution in [0.15, 0.2) is 60.0 Å². The summed E-state index contributed by atoms with van der Waals surface area (Å²) in [4.78, 5) is 16.4. The first-order valence-electron chi connectivity index (χ1n) is 7.07. The monoisotopic (exact) mass is 374 g/mol. The van der Waals surface area contributed by atoms with E-state index in [4.69, 9.17) is 23.2 Å². The van der Waals surface area contributed by atoms with Crippen molar-refractivity contribution in [2.45, 2.75) is 0 Å². The second-order valence-corrected chi connectivity index (χ2v) is 6.53. The Hall–Kier alpha value is -2.14. The third-order valence-corrected chi connectivity index (χ3v) is 4.64. The number of amides is 1. The van der Waals surface area contributed by atoms with E-state index in [9.17, 15) is 4.79 Å². The molecular weight excluding hydrogens is 363 g/mol. The molecule has 0 aliphatic heterocycles. The third-order valence-electron chi connectivity index (χ3n) is 3.20. The van der Waals surface area contributed by atoms with Crippen molar-refractivity contribution in [3.8, 4) is 11.3 Å². The second kappa shape index (κ2) is 7.62. The predicted octanol–water partition coefficient (Wildman–Crippen LogP) is 5.77. The van der Waals surface area contributed by atoms with Crippen molar-refractivity contribution < 1.29 is 4.79 Å². The van der Waals surface area contributed by atoms with Crippen LogP contribution in [0.4, 0.5) is 5.13 Å². The lowest BCUT2D eigenvalue weighted by atomic mass is 10.2. The van der Waals surface area contributed by atoms with Gasteiger partial charge in [0, 0.05) is 27.1 Å². The maximum Gasteiger partial charge on any atom is 0.250 e. The SMILES string of the molecule is O=C(/C=C/c1ccccc1Cl)Nc1nc(-c2ccccc2Cl)cs1. The fourth-order valence-corrected chi connectivity index (χ4v) is 3.19. The third kappa shape index (κ3) is 4.03. The number of rotatable bonds is 4. The number of carbonyl (C=O) groups excluding carboxylic acids is 1. The molecule has 3 rings (SSSR count). The Bertz CT molecular complexity index is 905. The topological polar surface area (TPSA) is 42.0 Å². The van der Waals surface area contributed by atoms with E-state index >= 15 is 0 Å². The zero-order chi connectivity index (χ0) is 16.9. The first-order valence-corrected chi connectivity index (χ1v) is 8.71. The van der Waals surface area contributed by atoms with Crippen LogP contribution in [0, 0.1) is 0 Å². The van der Waals surface area contributed by atoms with Crippen LogP contribution in [-0.2, 0) is 4.79 Å². The van der Waals surface area contributed by atoms with Gasteiger partial charge in [-0.2, -0.15) is 0 Å². The van der Waals surface area contributed by atoms with Gasteiger partial charge in [-0.05, 0) is 23.8 Å². The Morgan fingerprint density at radius 3 is 2.50 bits per heavy atom. The van der Waals surface area contributed by atoms with E-state index < -0.39 is 0 Å². The molecule has 0 saturated heterocycles. The Labute approximate surface area is 153 Å². The van der Waals surface area contributed by atoms with Crippen LogP contribution in [0.3, 0.4) is 0 Å². The summed E-state index contributed by atoms with van der Waals surface area (Å²) in [6, 6.07) is 14.8. The van der Waals surface area contributed by atoms with E-state index in [1.54, 1.807) is 18.2 Å². The quantitative estimate of drug-likeness (QED) is 0.589. The lowest BCUT2D eigenvalue weighted by Gasteiger charge is -2.00. The van der Waals surface area contributed by atoms with E-state index in [0.717, 1.165) is 16.8 Å². The molecule has 0 bridgehead atoms. The van der Waals surface area contributed by atoms with Gasteiger partial charge in [0.1, 0.15) is 0 Å². The molecule has 0 saturated carbocycles. The Morgan fingerprint density at radius 1 is 1.04 bits per heavy atom. The first kappa shape index (κ1) is 16.7. The summed E-state index contributed by atoms with van der Waals surface area (Å²) >= 11 is 13.6. The molecule has 2 aromatic carbocycles. The van der Waals surface area contributed by atoms with Crippen LogP contribution in [-0.4, -0.2) is 10.9 Å². The van der Waals surface area contributed by atoms with Crippen LogP contribution in [0.25, 0.3) is 17.3 Å². The average Bonchev–Trinajstić information content (AvgIpc) is 3.03. The number of thiazole rings is 1. The van der Waals surface area contributed by atoms with Crippen molar-refractivity contribution in [3.63, 3.8) is 0 Å². The summed E-state index contributed by atoms with van der Waals surface area (Å²) in [6.07, 6.45) is 3.10. The van der Waals surface area contributed by atoms with E-state index in [-0.39, 0.29) is 5.91 Å². The van der Waals surface area contributed by atoms with Gasteiger partial charge in [-0.3, -0.25) is 10.1 Å². The minimum absolute atomic E-state index is 0.269. The molecule has 1 amide bonds. The fraction of sp³-hybridized carbons (Fsp3) is 0. The number of benzene rings is 2. The van der Waals surface area contributed by atoms with Crippen molar-refractivity contribution in [1.82, 2.24) is 4.98 Å². The van der Waals surface area contributed by atoms with Gasteiger partial charge in [-0.15, -0.1) is 11.3 Å². The largest absolute Gasteiger partial charge is 0.298 e. The summed E-state index contributed by atoms with van der Waals surface area (Å²) in [5.74, 6) is -0.269. The number of carbonyl (C=O) groups is 1. The summed E-state index contributed by atoms with van der Waals surface area (Å²) in [6.45, 7) is 0. The summed E-state index contributed by atoms with van der Waals surface area (Å²) in [7, 11) is 0. The van der Waals surface area contributed by atoms with Gasteiger partial charge in [0.05, 0.1) is 5.69 Å². The molecule has 3 nitrogen and oxygen atoms in total. The van der Waals surface area contributed by atoms with E-state index in [1.807, 2.05) is 41.8 Å². The minimum Gasteiger partial charge on any atom is -0.298 e. The number of halogens is 2. The maximum atomic E-state index is 12.0. The Morgan fingerprint density at radius 2 is 1.75 bits per heavy atom. The van der Waals surface area contributed by atoms with Gasteiger partial charge in [0.25, 0.3) is 0 Å². The van der Waals surface area contributed by atoms with Crippen molar-refractivity contribution >= 4 is 51.7 Å². The van der Waals surface area contributed by atoms with Crippen molar-refractivity contribution in [2.75, 3.05) is 5.32 Å². The lowest BCUT2D eigenvalue weighted by molar-refractivity contribution is -0.111. The predicted molar refractivity (Wildman–Crippen MR) is 102 cm³/mol. The molecule has 3 aromatic rings. The zero-order valence-electron chi connectivity index (χ0n) is 12.4. The van der Waals surface area contributed by atoms with Gasteiger partial charge in [0.2, 0.25) is 5.91 Å². The molecular formula is C18H12Cl2N2OS. The highest BCUT2D eigenvalue weighted by Gasteiger charge is 2.09. The molecule has 24 heavy (non-hydrogen) atoms. The molecule has 1 aromatic heterocycles. The van der Waals surface area contributed by atoms with Crippen LogP contribution in [0.1, 0.15) is 5.56 Å². The number of aromatic nitrogens is 1. The molecule has 1 heterocycles. The van der Waals surface area contributed by atoms with Gasteiger partial charge in [-0.25, -0.2) is 4.98 Å². The molecule has 0 spiro atoms. The molecule has 0 aliphatic carbocycles. The Balaban J connectivity index is 1.70. The van der Waals surface area contributed by atoms with Crippen LogP contribution >= 0.6 is 34.5 Å². The number of hydrogen-bond donors (Lipinski definition) is 1. The number of hydrogen-bond acceptors (Lipinski definition) is 3. The molecule has 0 unspecified atom stereocenters. The van der Waals surface area contributed by atoms with Gasteiger partial charge in [-0.1, -0.05) is 59.6 Å². The number of nitrogens with zero attached hydrogens (tertiary/aromatic N) is 1. The standard InChI is InChI=1S/C18H12Cl2N2OS/c19-14-7-3-1-5-12(14)9-10-17(23)22-18-21-16(11-24-18)13-6-2-4-8-15(13)20/h1-11H,(H,21,22,23)/b10-9+. The van der Waals surface area contributed by atoms with Gasteiger partial charge in [0.15, 0.2) is 5.13 Å². The van der Waals surface area contributed by atoms with E-state index in [0.29, 0.717) is 15.2 Å². The van der Waals surface area contributed by atoms with Gasteiger partial charge >= 0.3 is 0 Å². The highest BCUT2D eigenvalue weighted by molar-refractivity contribution is 7.14. The van der Waals surface area contributed by atoms with Crippen molar-refractivity contribution in [3.05, 3.63) is 75.6 Å². The van der Waals surface area contributed by atoms with Crippen LogP contribution in [0.2, 0.25) is 10.0 Å². The minimum atomic E-state index is -0.269. The van der Waals surface area contributed by atoms with Crippen molar-refractivity contribution in [2.24, 2.45) is 0 Å².